The van der Waals surface area contributed by atoms with E-state index >= 15 is 0 Å². The highest BCUT2D eigenvalue weighted by Crippen LogP contribution is 2.46. The van der Waals surface area contributed by atoms with Crippen molar-refractivity contribution in [2.75, 3.05) is 0 Å². The molecule has 0 saturated carbocycles. The number of aryl methyl sites for hydroxylation is 1. The Morgan fingerprint density at radius 1 is 0.550 bits per heavy atom. The lowest BCUT2D eigenvalue weighted by molar-refractivity contribution is 0.594. The molecule has 0 bridgehead atoms. The van der Waals surface area contributed by atoms with Gasteiger partial charge in [-0.3, -0.25) is 0 Å². The van der Waals surface area contributed by atoms with E-state index in [1.54, 1.807) is 0 Å². The van der Waals surface area contributed by atoms with Crippen LogP contribution >= 0.6 is 0 Å². The molecule has 0 atom stereocenters. The summed E-state index contributed by atoms with van der Waals surface area (Å²) in [5.74, 6) is 1.79. The van der Waals surface area contributed by atoms with Crippen LogP contribution in [-0.4, -0.2) is 9.13 Å². The van der Waals surface area contributed by atoms with Crippen LogP contribution in [0.5, 0.6) is 0 Å². The summed E-state index contributed by atoms with van der Waals surface area (Å²) in [5, 5.41) is 8.95. The lowest BCUT2D eigenvalue weighted by atomic mass is 10.0. The molecule has 60 heavy (non-hydrogen) atoms. The number of allylic oxidation sites excluding steroid dienone is 2. The third-order valence-electron chi connectivity index (χ3n) is 12.7. The molecular formula is C55H36N2O3. The van der Waals surface area contributed by atoms with E-state index in [1.165, 1.54) is 10.9 Å². The van der Waals surface area contributed by atoms with E-state index in [1.807, 2.05) is 25.2 Å². The minimum atomic E-state index is 0.822. The van der Waals surface area contributed by atoms with Gasteiger partial charge in [-0.05, 0) is 92.1 Å². The van der Waals surface area contributed by atoms with Crippen molar-refractivity contribution in [3.8, 4) is 22.5 Å². The maximum atomic E-state index is 7.22. The molecule has 12 aromatic rings. The molecule has 0 fully saturated rings. The summed E-state index contributed by atoms with van der Waals surface area (Å²) in [6.45, 7) is 6.07. The van der Waals surface area contributed by atoms with Gasteiger partial charge in [-0.25, -0.2) is 0 Å². The second-order valence-corrected chi connectivity index (χ2v) is 15.8. The van der Waals surface area contributed by atoms with Crippen molar-refractivity contribution in [3.05, 3.63) is 175 Å². The van der Waals surface area contributed by atoms with Gasteiger partial charge in [0.1, 0.15) is 28.3 Å². The van der Waals surface area contributed by atoms with E-state index in [9.17, 15) is 0 Å². The second kappa shape index (κ2) is 12.4. The smallest absolute Gasteiger partial charge is 0.159 e. The monoisotopic (exact) mass is 772 g/mol. The topological polar surface area (TPSA) is 49.3 Å². The molecule has 0 spiro atoms. The van der Waals surface area contributed by atoms with Crippen molar-refractivity contribution in [3.63, 3.8) is 0 Å². The lowest BCUT2D eigenvalue weighted by Gasteiger charge is -2.10. The van der Waals surface area contributed by atoms with Crippen LogP contribution in [0.4, 0.5) is 0 Å². The van der Waals surface area contributed by atoms with E-state index in [0.717, 1.165) is 135 Å². The van der Waals surface area contributed by atoms with E-state index in [4.69, 9.17) is 13.3 Å². The van der Waals surface area contributed by atoms with Crippen molar-refractivity contribution in [2.45, 2.75) is 19.8 Å². The molecule has 0 saturated heterocycles. The number of hydrogen-bond acceptors (Lipinski definition) is 3. The zero-order valence-corrected chi connectivity index (χ0v) is 32.8. The summed E-state index contributed by atoms with van der Waals surface area (Å²) in [6.07, 6.45) is 12.2. The number of nitrogens with zero attached hydrogens (tertiary/aromatic N) is 2. The molecule has 5 heteroatoms. The number of hydrogen-bond donors (Lipinski definition) is 0. The van der Waals surface area contributed by atoms with Crippen LogP contribution in [-0.2, 0) is 6.42 Å². The Bertz CT molecular complexity index is 3850. The molecule has 0 radical (unpaired) electrons. The van der Waals surface area contributed by atoms with Gasteiger partial charge >= 0.3 is 0 Å². The van der Waals surface area contributed by atoms with Crippen LogP contribution in [0, 0.1) is 0 Å². The molecule has 284 valence electrons. The number of para-hydroxylation sites is 4. The first-order valence-electron chi connectivity index (χ1n) is 20.6. The van der Waals surface area contributed by atoms with Gasteiger partial charge in [-0.2, -0.15) is 0 Å². The van der Waals surface area contributed by atoms with Crippen LogP contribution in [0.25, 0.3) is 128 Å². The summed E-state index contributed by atoms with van der Waals surface area (Å²) in [7, 11) is 0. The predicted molar refractivity (Wildman–Crippen MR) is 250 cm³/mol. The van der Waals surface area contributed by atoms with Gasteiger partial charge in [0.2, 0.25) is 0 Å². The largest absolute Gasteiger partial charge is 0.455 e. The van der Waals surface area contributed by atoms with Gasteiger partial charge < -0.3 is 22.4 Å². The Morgan fingerprint density at radius 3 is 1.95 bits per heavy atom. The van der Waals surface area contributed by atoms with Crippen LogP contribution in [0.15, 0.2) is 165 Å². The third kappa shape index (κ3) is 4.41. The van der Waals surface area contributed by atoms with E-state index in [2.05, 4.69) is 161 Å². The van der Waals surface area contributed by atoms with Crippen molar-refractivity contribution < 1.29 is 13.3 Å². The highest BCUT2D eigenvalue weighted by Gasteiger charge is 2.25. The van der Waals surface area contributed by atoms with E-state index in [0.29, 0.717) is 0 Å². The number of benzene rings is 7. The predicted octanol–water partition coefficient (Wildman–Crippen LogP) is 15.6. The molecule has 5 aromatic heterocycles. The fraction of sp³-hybridized carbons (Fsp3) is 0.0545. The maximum Gasteiger partial charge on any atom is 0.159 e. The molecule has 0 aliphatic heterocycles. The zero-order valence-electron chi connectivity index (χ0n) is 32.8. The van der Waals surface area contributed by atoms with Crippen LogP contribution < -0.4 is 0 Å². The Hall–Kier alpha value is -7.76. The second-order valence-electron chi connectivity index (χ2n) is 15.8. The van der Waals surface area contributed by atoms with Crippen molar-refractivity contribution in [1.82, 2.24) is 9.13 Å². The minimum absolute atomic E-state index is 0.822. The van der Waals surface area contributed by atoms with Crippen LogP contribution in [0.3, 0.4) is 0 Å². The van der Waals surface area contributed by atoms with E-state index < -0.39 is 0 Å². The highest BCUT2D eigenvalue weighted by molar-refractivity contribution is 6.29. The number of aromatic nitrogens is 2. The van der Waals surface area contributed by atoms with Gasteiger partial charge in [0, 0.05) is 54.7 Å². The molecule has 7 aromatic carbocycles. The summed E-state index contributed by atoms with van der Waals surface area (Å²) in [5.41, 5.74) is 14.5. The van der Waals surface area contributed by atoms with Gasteiger partial charge in [-0.15, -0.1) is 0 Å². The first-order chi connectivity index (χ1) is 29.7. The Balaban J connectivity index is 1.02. The third-order valence-corrected chi connectivity index (χ3v) is 12.7. The van der Waals surface area contributed by atoms with Gasteiger partial charge in [-0.1, -0.05) is 104 Å². The highest BCUT2D eigenvalue weighted by atomic mass is 16.3. The average molecular weight is 773 g/mol. The molecule has 5 nitrogen and oxygen atoms in total. The lowest BCUT2D eigenvalue weighted by Crippen LogP contribution is -1.94. The normalized spacial score (nSPS) is 13.2. The fourth-order valence-corrected chi connectivity index (χ4v) is 10.2. The summed E-state index contributed by atoms with van der Waals surface area (Å²) >= 11 is 0. The fourth-order valence-electron chi connectivity index (χ4n) is 10.2. The van der Waals surface area contributed by atoms with Gasteiger partial charge in [0.25, 0.3) is 0 Å². The molecular weight excluding hydrogens is 737 g/mol. The summed E-state index contributed by atoms with van der Waals surface area (Å²) in [4.78, 5) is 0. The first kappa shape index (κ1) is 33.2. The first-order valence-corrected chi connectivity index (χ1v) is 20.6. The maximum absolute atomic E-state index is 7.22. The molecule has 1 aliphatic carbocycles. The standard InChI is InChI=1S/C55H36N2O3/c1-3-13-48-34(4-2)37-18-11-17-35(52(37)58-48)32-24-26-33(27-25-32)56-43-20-8-5-15-41(43)50-45(56)30-28-39-40-29-31-46-51(55(40)60-54(39)50)42-16-6-9-21-44(42)57(46)47-22-12-19-38-36-14-7-10-23-49(36)59-53(38)47/h3-6,8-13,15-31H,2,7,14H2,1H3/b13-3-. The number of fused-ring (bicyclic) bond motifs is 15. The van der Waals surface area contributed by atoms with Crippen LogP contribution in [0.1, 0.15) is 36.0 Å². The number of rotatable bonds is 5. The molecule has 0 amide bonds. The van der Waals surface area contributed by atoms with Crippen LogP contribution in [0.2, 0.25) is 0 Å². The minimum Gasteiger partial charge on any atom is -0.455 e. The van der Waals surface area contributed by atoms with Crippen molar-refractivity contribution in [1.29, 1.82) is 0 Å². The Morgan fingerprint density at radius 2 is 1.22 bits per heavy atom. The summed E-state index contributed by atoms with van der Waals surface area (Å²) in [6, 6.07) is 47.9. The van der Waals surface area contributed by atoms with Crippen molar-refractivity contribution >= 4 is 106 Å². The Kier molecular flexibility index (Phi) is 6.85. The average Bonchev–Trinajstić information content (AvgIpc) is 4.10. The van der Waals surface area contributed by atoms with Gasteiger partial charge in [0.05, 0.1) is 38.5 Å². The summed E-state index contributed by atoms with van der Waals surface area (Å²) < 4.78 is 25.0. The zero-order chi connectivity index (χ0) is 39.6. The molecule has 1 aliphatic rings. The molecule has 0 unspecified atom stereocenters. The molecule has 13 rings (SSSR count). The molecule has 0 N–H and O–H groups in total. The van der Waals surface area contributed by atoms with Gasteiger partial charge in [0.15, 0.2) is 5.58 Å². The quantitative estimate of drug-likeness (QED) is 0.175. The van der Waals surface area contributed by atoms with Crippen molar-refractivity contribution in [2.24, 2.45) is 0 Å². The molecule has 5 heterocycles. The number of furan rings is 3. The SMILES string of the molecule is C=Cc1c(/C=C\C)oc2c(-c3ccc(-n4c5ccccc5c5c6oc7c(ccc8c7c7ccccc7n8-c7cccc8c9c(oc78)C=CCC9)c6ccc54)cc3)cccc12. The van der Waals surface area contributed by atoms with E-state index in [-0.39, 0.29) is 0 Å². The Labute approximate surface area is 343 Å².